The molecule has 7 aromatic rings. The van der Waals surface area contributed by atoms with Crippen LogP contribution in [0.4, 0.5) is 0 Å². The van der Waals surface area contributed by atoms with Crippen molar-refractivity contribution in [3.8, 4) is 50.8 Å². The molecule has 0 unspecified atom stereocenters. The number of benzene rings is 4. The standard InChI is InChI=1S/C36H28N4O2/c1-2-22-39-34(26-16-8-4-9-17-26)32(25-14-6-3-7-15-25)37-35(39)30-24-40(28-19-10-5-11-20-28)38-33(30)29-23-27-18-12-13-21-31(27)42-36(29)41/h3-21,23-24H,2,22H2,1H3. The molecule has 42 heavy (non-hydrogen) atoms. The van der Waals surface area contributed by atoms with Gasteiger partial charge in [-0.3, -0.25) is 0 Å². The highest BCUT2D eigenvalue weighted by atomic mass is 16.4. The summed E-state index contributed by atoms with van der Waals surface area (Å²) in [5.74, 6) is 0.749. The van der Waals surface area contributed by atoms with Crippen LogP contribution in [0.1, 0.15) is 13.3 Å². The Morgan fingerprint density at radius 2 is 1.36 bits per heavy atom. The molecule has 6 nitrogen and oxygen atoms in total. The van der Waals surface area contributed by atoms with Crippen molar-refractivity contribution in [2.24, 2.45) is 0 Å². The fourth-order valence-corrected chi connectivity index (χ4v) is 5.46. The Morgan fingerprint density at radius 3 is 2.07 bits per heavy atom. The molecule has 4 aromatic carbocycles. The summed E-state index contributed by atoms with van der Waals surface area (Å²) in [4.78, 5) is 18.8. The highest BCUT2D eigenvalue weighted by Gasteiger charge is 2.26. The van der Waals surface area contributed by atoms with Crippen LogP contribution in [0.5, 0.6) is 0 Å². The first-order valence-corrected chi connectivity index (χ1v) is 14.1. The lowest BCUT2D eigenvalue weighted by Gasteiger charge is -2.12. The second-order valence-electron chi connectivity index (χ2n) is 10.2. The van der Waals surface area contributed by atoms with Crippen LogP contribution in [-0.4, -0.2) is 19.3 Å². The lowest BCUT2D eigenvalue weighted by Crippen LogP contribution is -2.06. The third-order valence-electron chi connectivity index (χ3n) is 7.38. The first-order chi connectivity index (χ1) is 20.7. The number of aromatic nitrogens is 4. The zero-order chi connectivity index (χ0) is 28.5. The summed E-state index contributed by atoms with van der Waals surface area (Å²) in [5.41, 5.74) is 6.68. The summed E-state index contributed by atoms with van der Waals surface area (Å²) in [6.45, 7) is 2.90. The summed E-state index contributed by atoms with van der Waals surface area (Å²) in [7, 11) is 0. The van der Waals surface area contributed by atoms with E-state index >= 15 is 0 Å². The first-order valence-electron chi connectivity index (χ1n) is 14.1. The normalized spacial score (nSPS) is 11.3. The molecule has 0 bridgehead atoms. The van der Waals surface area contributed by atoms with Crippen LogP contribution in [0, 0.1) is 0 Å². The average Bonchev–Trinajstić information content (AvgIpc) is 3.64. The molecule has 204 valence electrons. The molecule has 0 N–H and O–H groups in total. The van der Waals surface area contributed by atoms with Crippen LogP contribution in [0.25, 0.3) is 61.8 Å². The molecule has 0 radical (unpaired) electrons. The third kappa shape index (κ3) is 4.53. The Bertz CT molecular complexity index is 2060. The number of hydrogen-bond acceptors (Lipinski definition) is 4. The molecular formula is C36H28N4O2. The van der Waals surface area contributed by atoms with E-state index in [1.807, 2.05) is 102 Å². The topological polar surface area (TPSA) is 65.8 Å². The number of para-hydroxylation sites is 2. The summed E-state index contributed by atoms with van der Waals surface area (Å²) in [6, 6.07) is 39.9. The van der Waals surface area contributed by atoms with Crippen LogP contribution in [0.2, 0.25) is 0 Å². The van der Waals surface area contributed by atoms with E-state index in [-0.39, 0.29) is 0 Å². The summed E-state index contributed by atoms with van der Waals surface area (Å²) < 4.78 is 9.84. The molecular weight excluding hydrogens is 520 g/mol. The highest BCUT2D eigenvalue weighted by Crippen LogP contribution is 2.39. The van der Waals surface area contributed by atoms with Gasteiger partial charge in [0.05, 0.1) is 28.2 Å². The summed E-state index contributed by atoms with van der Waals surface area (Å²) >= 11 is 0. The number of hydrogen-bond donors (Lipinski definition) is 0. The van der Waals surface area contributed by atoms with Crippen LogP contribution >= 0.6 is 0 Å². The molecule has 0 saturated carbocycles. The van der Waals surface area contributed by atoms with E-state index in [0.29, 0.717) is 16.8 Å². The summed E-state index contributed by atoms with van der Waals surface area (Å²) in [6.07, 6.45) is 2.87. The molecule has 3 aromatic heterocycles. The van der Waals surface area contributed by atoms with Crippen molar-refractivity contribution >= 4 is 11.0 Å². The Labute approximate surface area is 243 Å². The Balaban J connectivity index is 1.55. The van der Waals surface area contributed by atoms with Gasteiger partial charge in [-0.1, -0.05) is 104 Å². The molecule has 0 aliphatic rings. The lowest BCUT2D eigenvalue weighted by molar-refractivity contribution is 0.563. The van der Waals surface area contributed by atoms with Gasteiger partial charge in [0.1, 0.15) is 17.1 Å². The van der Waals surface area contributed by atoms with Crippen molar-refractivity contribution in [3.05, 3.63) is 138 Å². The van der Waals surface area contributed by atoms with Crippen molar-refractivity contribution in [1.29, 1.82) is 0 Å². The maximum atomic E-state index is 13.4. The minimum atomic E-state index is -0.437. The smallest absolute Gasteiger partial charge is 0.345 e. The van der Waals surface area contributed by atoms with E-state index in [0.717, 1.165) is 57.9 Å². The third-order valence-corrected chi connectivity index (χ3v) is 7.38. The monoisotopic (exact) mass is 548 g/mol. The van der Waals surface area contributed by atoms with Gasteiger partial charge in [-0.05, 0) is 30.7 Å². The molecule has 6 heteroatoms. The predicted molar refractivity (Wildman–Crippen MR) is 167 cm³/mol. The van der Waals surface area contributed by atoms with E-state index in [1.165, 1.54) is 0 Å². The number of nitrogens with zero attached hydrogens (tertiary/aromatic N) is 4. The zero-order valence-electron chi connectivity index (χ0n) is 23.1. The second-order valence-corrected chi connectivity index (χ2v) is 10.2. The minimum absolute atomic E-state index is 0.395. The van der Waals surface area contributed by atoms with Crippen molar-refractivity contribution in [1.82, 2.24) is 19.3 Å². The van der Waals surface area contributed by atoms with Crippen LogP contribution in [-0.2, 0) is 6.54 Å². The number of rotatable bonds is 7. The van der Waals surface area contributed by atoms with Crippen LogP contribution in [0.15, 0.2) is 137 Å². The van der Waals surface area contributed by atoms with E-state index in [2.05, 4.69) is 35.8 Å². The van der Waals surface area contributed by atoms with Gasteiger partial charge in [-0.25, -0.2) is 14.5 Å². The number of imidazole rings is 1. The van der Waals surface area contributed by atoms with Gasteiger partial charge in [0.25, 0.3) is 0 Å². The van der Waals surface area contributed by atoms with Crippen molar-refractivity contribution in [2.75, 3.05) is 0 Å². The Kier molecular flexibility index (Phi) is 6.56. The molecule has 0 spiro atoms. The van der Waals surface area contributed by atoms with Gasteiger partial charge < -0.3 is 8.98 Å². The van der Waals surface area contributed by atoms with Crippen molar-refractivity contribution in [2.45, 2.75) is 19.9 Å². The van der Waals surface area contributed by atoms with E-state index < -0.39 is 5.63 Å². The van der Waals surface area contributed by atoms with E-state index in [4.69, 9.17) is 14.5 Å². The molecule has 0 aliphatic heterocycles. The number of fused-ring (bicyclic) bond motifs is 1. The SMILES string of the molecule is CCCn1c(-c2cn(-c3ccccc3)nc2-c2cc3ccccc3oc2=O)nc(-c2ccccc2)c1-c1ccccc1. The van der Waals surface area contributed by atoms with Gasteiger partial charge in [-0.2, -0.15) is 5.10 Å². The lowest BCUT2D eigenvalue weighted by atomic mass is 10.0. The fraction of sp³-hybridized carbons (Fsp3) is 0.0833. The van der Waals surface area contributed by atoms with Gasteiger partial charge in [0.15, 0.2) is 0 Å². The average molecular weight is 549 g/mol. The van der Waals surface area contributed by atoms with Gasteiger partial charge in [0, 0.05) is 29.3 Å². The van der Waals surface area contributed by atoms with Crippen LogP contribution < -0.4 is 5.63 Å². The maximum Gasteiger partial charge on any atom is 0.345 e. The molecule has 0 aliphatic carbocycles. The Hall–Kier alpha value is -5.49. The largest absolute Gasteiger partial charge is 0.422 e. The van der Waals surface area contributed by atoms with Gasteiger partial charge in [-0.15, -0.1) is 0 Å². The Morgan fingerprint density at radius 1 is 0.714 bits per heavy atom. The van der Waals surface area contributed by atoms with Gasteiger partial charge in [0.2, 0.25) is 0 Å². The van der Waals surface area contributed by atoms with Crippen LogP contribution in [0.3, 0.4) is 0 Å². The zero-order valence-corrected chi connectivity index (χ0v) is 23.1. The highest BCUT2D eigenvalue weighted by molar-refractivity contribution is 5.88. The van der Waals surface area contributed by atoms with E-state index in [1.54, 1.807) is 6.07 Å². The summed E-state index contributed by atoms with van der Waals surface area (Å²) in [5, 5.41) is 5.82. The van der Waals surface area contributed by atoms with Crippen molar-refractivity contribution < 1.29 is 4.42 Å². The fourth-order valence-electron chi connectivity index (χ4n) is 5.46. The maximum absolute atomic E-state index is 13.4. The van der Waals surface area contributed by atoms with Gasteiger partial charge >= 0.3 is 5.63 Å². The molecule has 7 rings (SSSR count). The molecule has 0 fully saturated rings. The molecule has 0 saturated heterocycles. The second kappa shape index (κ2) is 10.8. The predicted octanol–water partition coefficient (Wildman–Crippen LogP) is 8.25. The minimum Gasteiger partial charge on any atom is -0.422 e. The van der Waals surface area contributed by atoms with Crippen molar-refractivity contribution in [3.63, 3.8) is 0 Å². The molecule has 0 amide bonds. The quantitative estimate of drug-likeness (QED) is 0.188. The molecule has 0 atom stereocenters. The first kappa shape index (κ1) is 25.5. The molecule has 3 heterocycles. The van der Waals surface area contributed by atoms with E-state index in [9.17, 15) is 4.79 Å².